The summed E-state index contributed by atoms with van der Waals surface area (Å²) in [4.78, 5) is 3.88. The molecule has 17 heavy (non-hydrogen) atoms. The maximum absolute atomic E-state index is 8.94. The van der Waals surface area contributed by atoms with Crippen LogP contribution in [-0.2, 0) is 0 Å². The van der Waals surface area contributed by atoms with E-state index in [2.05, 4.69) is 16.4 Å². The van der Waals surface area contributed by atoms with Gasteiger partial charge in [-0.05, 0) is 24.3 Å². The number of anilines is 2. The van der Waals surface area contributed by atoms with Crippen LogP contribution in [0.25, 0.3) is 0 Å². The highest BCUT2D eigenvalue weighted by atomic mass is 14.9. The van der Waals surface area contributed by atoms with Crippen LogP contribution in [0.5, 0.6) is 0 Å². The van der Waals surface area contributed by atoms with E-state index in [1.807, 2.05) is 18.2 Å². The lowest BCUT2D eigenvalue weighted by Gasteiger charge is -2.07. The molecule has 0 aliphatic heterocycles. The average Bonchev–Trinajstić information content (AvgIpc) is 2.39. The van der Waals surface area contributed by atoms with Gasteiger partial charge in [-0.3, -0.25) is 0 Å². The van der Waals surface area contributed by atoms with E-state index in [4.69, 9.17) is 10.5 Å². The van der Waals surface area contributed by atoms with Gasteiger partial charge < -0.3 is 5.32 Å². The Morgan fingerprint density at radius 1 is 1.06 bits per heavy atom. The molecule has 0 amide bonds. The Morgan fingerprint density at radius 3 is 2.65 bits per heavy atom. The molecular weight excluding hydrogens is 212 g/mol. The van der Waals surface area contributed by atoms with Crippen LogP contribution in [-0.4, -0.2) is 4.98 Å². The summed E-state index contributed by atoms with van der Waals surface area (Å²) in [7, 11) is 0. The predicted molar refractivity (Wildman–Crippen MR) is 63.4 cm³/mol. The number of hydrogen-bond donors (Lipinski definition) is 1. The van der Waals surface area contributed by atoms with Crippen molar-refractivity contribution in [3.63, 3.8) is 0 Å². The molecule has 0 saturated carbocycles. The Bertz CT molecular complexity index is 620. The van der Waals surface area contributed by atoms with E-state index in [1.54, 1.807) is 30.5 Å². The van der Waals surface area contributed by atoms with Crippen LogP contribution in [0.1, 0.15) is 11.3 Å². The summed E-state index contributed by atoms with van der Waals surface area (Å²) in [5, 5.41) is 20.8. The van der Waals surface area contributed by atoms with Crippen molar-refractivity contribution in [2.75, 3.05) is 5.32 Å². The summed E-state index contributed by atoms with van der Waals surface area (Å²) in [5.41, 5.74) is 2.34. The quantitative estimate of drug-likeness (QED) is 0.844. The van der Waals surface area contributed by atoms with Crippen molar-refractivity contribution in [1.82, 2.24) is 4.98 Å². The first-order chi connectivity index (χ1) is 8.33. The van der Waals surface area contributed by atoms with Crippen molar-refractivity contribution in [3.05, 3.63) is 53.9 Å². The molecule has 1 aromatic heterocycles. The molecule has 4 heteroatoms. The summed E-state index contributed by atoms with van der Waals surface area (Å²) >= 11 is 0. The van der Waals surface area contributed by atoms with Crippen LogP contribution in [0.2, 0.25) is 0 Å². The van der Waals surface area contributed by atoms with E-state index in [-0.39, 0.29) is 0 Å². The number of aromatic nitrogens is 1. The fourth-order valence-corrected chi connectivity index (χ4v) is 1.41. The molecule has 1 heterocycles. The standard InChI is InChI=1S/C13H8N4/c14-8-10-3-1-2-4-13(10)17-11-5-6-16-12(7-11)9-15/h1-7H,(H,16,17). The van der Waals surface area contributed by atoms with E-state index in [9.17, 15) is 0 Å². The zero-order valence-electron chi connectivity index (χ0n) is 8.88. The zero-order chi connectivity index (χ0) is 12.1. The number of nitriles is 2. The van der Waals surface area contributed by atoms with Gasteiger partial charge in [-0.2, -0.15) is 10.5 Å². The van der Waals surface area contributed by atoms with Gasteiger partial charge in [0.25, 0.3) is 0 Å². The molecule has 0 atom stereocenters. The Kier molecular flexibility index (Phi) is 3.00. The van der Waals surface area contributed by atoms with Gasteiger partial charge in [-0.15, -0.1) is 0 Å². The predicted octanol–water partition coefficient (Wildman–Crippen LogP) is 2.57. The largest absolute Gasteiger partial charge is 0.354 e. The first-order valence-electron chi connectivity index (χ1n) is 4.96. The van der Waals surface area contributed by atoms with Gasteiger partial charge in [0.2, 0.25) is 0 Å². The van der Waals surface area contributed by atoms with E-state index in [0.29, 0.717) is 16.9 Å². The molecule has 1 aromatic carbocycles. The third-order valence-corrected chi connectivity index (χ3v) is 2.20. The lowest BCUT2D eigenvalue weighted by Crippen LogP contribution is -1.94. The molecular formula is C13H8N4. The fraction of sp³-hybridized carbons (Fsp3) is 0. The lowest BCUT2D eigenvalue weighted by molar-refractivity contribution is 1.26. The minimum atomic E-state index is 0.337. The Hall–Kier alpha value is -2.85. The molecule has 0 aliphatic carbocycles. The SMILES string of the molecule is N#Cc1cc(Nc2ccccc2C#N)ccn1. The molecule has 0 saturated heterocycles. The number of nitrogens with zero attached hydrogens (tertiary/aromatic N) is 3. The smallest absolute Gasteiger partial charge is 0.142 e. The fourth-order valence-electron chi connectivity index (χ4n) is 1.41. The maximum Gasteiger partial charge on any atom is 0.142 e. The van der Waals surface area contributed by atoms with Crippen molar-refractivity contribution in [3.8, 4) is 12.1 Å². The molecule has 1 N–H and O–H groups in total. The summed E-state index contributed by atoms with van der Waals surface area (Å²) < 4.78 is 0. The molecule has 0 spiro atoms. The number of pyridine rings is 1. The van der Waals surface area contributed by atoms with Gasteiger partial charge in [0.1, 0.15) is 17.8 Å². The van der Waals surface area contributed by atoms with Crippen molar-refractivity contribution < 1.29 is 0 Å². The highest BCUT2D eigenvalue weighted by Crippen LogP contribution is 2.19. The third-order valence-electron chi connectivity index (χ3n) is 2.20. The maximum atomic E-state index is 8.94. The molecule has 0 bridgehead atoms. The van der Waals surface area contributed by atoms with Gasteiger partial charge in [0.05, 0.1) is 11.3 Å². The highest BCUT2D eigenvalue weighted by Gasteiger charge is 2.01. The van der Waals surface area contributed by atoms with E-state index >= 15 is 0 Å². The van der Waals surface area contributed by atoms with Crippen LogP contribution in [0, 0.1) is 22.7 Å². The van der Waals surface area contributed by atoms with Crippen LogP contribution in [0.3, 0.4) is 0 Å². The van der Waals surface area contributed by atoms with Gasteiger partial charge >= 0.3 is 0 Å². The molecule has 2 aromatic rings. The number of nitrogens with one attached hydrogen (secondary N) is 1. The zero-order valence-corrected chi connectivity index (χ0v) is 8.88. The van der Waals surface area contributed by atoms with Crippen LogP contribution in [0.4, 0.5) is 11.4 Å². The van der Waals surface area contributed by atoms with Crippen molar-refractivity contribution in [2.24, 2.45) is 0 Å². The summed E-state index contributed by atoms with van der Waals surface area (Å²) in [5.74, 6) is 0. The Labute approximate surface area is 98.8 Å². The average molecular weight is 220 g/mol. The normalized spacial score (nSPS) is 9.06. The van der Waals surface area contributed by atoms with Gasteiger partial charge in [0.15, 0.2) is 0 Å². The van der Waals surface area contributed by atoms with Crippen molar-refractivity contribution >= 4 is 11.4 Å². The second-order valence-electron chi connectivity index (χ2n) is 3.32. The monoisotopic (exact) mass is 220 g/mol. The lowest BCUT2D eigenvalue weighted by atomic mass is 10.2. The van der Waals surface area contributed by atoms with Gasteiger partial charge in [0, 0.05) is 11.9 Å². The summed E-state index contributed by atoms with van der Waals surface area (Å²) in [6.45, 7) is 0. The molecule has 80 valence electrons. The van der Waals surface area contributed by atoms with E-state index < -0.39 is 0 Å². The number of para-hydroxylation sites is 1. The summed E-state index contributed by atoms with van der Waals surface area (Å²) in [6, 6.07) is 14.6. The second kappa shape index (κ2) is 4.78. The Morgan fingerprint density at radius 2 is 1.88 bits per heavy atom. The third kappa shape index (κ3) is 2.39. The molecule has 0 aliphatic rings. The van der Waals surface area contributed by atoms with Gasteiger partial charge in [-0.25, -0.2) is 4.98 Å². The van der Waals surface area contributed by atoms with Gasteiger partial charge in [-0.1, -0.05) is 12.1 Å². The van der Waals surface area contributed by atoms with Crippen LogP contribution in [0.15, 0.2) is 42.6 Å². The molecule has 0 fully saturated rings. The van der Waals surface area contributed by atoms with Crippen molar-refractivity contribution in [2.45, 2.75) is 0 Å². The second-order valence-corrected chi connectivity index (χ2v) is 3.32. The number of benzene rings is 1. The highest BCUT2D eigenvalue weighted by molar-refractivity contribution is 5.66. The number of hydrogen-bond acceptors (Lipinski definition) is 4. The van der Waals surface area contributed by atoms with Crippen LogP contribution >= 0.6 is 0 Å². The molecule has 2 rings (SSSR count). The first kappa shape index (κ1) is 10.7. The van der Waals surface area contributed by atoms with Crippen LogP contribution < -0.4 is 5.32 Å². The topological polar surface area (TPSA) is 72.5 Å². The molecule has 4 nitrogen and oxygen atoms in total. The molecule has 0 unspecified atom stereocenters. The minimum absolute atomic E-state index is 0.337. The first-order valence-corrected chi connectivity index (χ1v) is 4.96. The van der Waals surface area contributed by atoms with E-state index in [1.165, 1.54) is 0 Å². The summed E-state index contributed by atoms with van der Waals surface area (Å²) in [6.07, 6.45) is 1.55. The minimum Gasteiger partial charge on any atom is -0.354 e. The molecule has 0 radical (unpaired) electrons. The Balaban J connectivity index is 2.32. The number of rotatable bonds is 2. The van der Waals surface area contributed by atoms with Crippen molar-refractivity contribution in [1.29, 1.82) is 10.5 Å². The van der Waals surface area contributed by atoms with E-state index in [0.717, 1.165) is 5.69 Å².